The Hall–Kier alpha value is -4.97. The van der Waals surface area contributed by atoms with E-state index in [1.54, 1.807) is 61.8 Å². The Morgan fingerprint density at radius 2 is 1.91 bits per heavy atom. The molecule has 0 aliphatic rings. The molecule has 4 aromatic rings. The van der Waals surface area contributed by atoms with Crippen LogP contribution in [-0.4, -0.2) is 33.4 Å². The summed E-state index contributed by atoms with van der Waals surface area (Å²) in [7, 11) is 1.54. The second kappa shape index (κ2) is 9.45. The maximum atomic E-state index is 12.3. The minimum absolute atomic E-state index is 0.0250. The standard InChI is InChI=1S/C24H18N6O3/c1-33-21-10-8-17(13-26-21)16-7-9-20(31)18(11-16)14-27-30-24-28-22(15-5-3-2-4-6-15)19(12-25)23(32)29-24/h2-11,13-14,31H,1H3,(H2,28,29,30,32). The predicted molar refractivity (Wildman–Crippen MR) is 124 cm³/mol. The van der Waals surface area contributed by atoms with E-state index in [9.17, 15) is 15.2 Å². The number of pyridine rings is 1. The number of phenolic OH excluding ortho intramolecular Hbond substituents is 1. The van der Waals surface area contributed by atoms with Crippen LogP contribution in [0.5, 0.6) is 11.6 Å². The average molecular weight is 438 g/mol. The normalized spacial score (nSPS) is 10.7. The smallest absolute Gasteiger partial charge is 0.270 e. The van der Waals surface area contributed by atoms with Gasteiger partial charge in [0, 0.05) is 29.0 Å². The molecular formula is C24H18N6O3. The number of nitrogens with one attached hydrogen (secondary N) is 2. The highest BCUT2D eigenvalue weighted by atomic mass is 16.5. The fourth-order valence-electron chi connectivity index (χ4n) is 3.11. The first kappa shape index (κ1) is 21.3. The van der Waals surface area contributed by atoms with Crippen molar-refractivity contribution in [1.82, 2.24) is 15.0 Å². The number of hydrogen-bond acceptors (Lipinski definition) is 8. The predicted octanol–water partition coefficient (Wildman–Crippen LogP) is 3.53. The Balaban J connectivity index is 1.60. The van der Waals surface area contributed by atoms with Crippen LogP contribution >= 0.6 is 0 Å². The van der Waals surface area contributed by atoms with Gasteiger partial charge in [0.1, 0.15) is 17.4 Å². The third kappa shape index (κ3) is 4.70. The van der Waals surface area contributed by atoms with Crippen molar-refractivity contribution >= 4 is 12.2 Å². The highest BCUT2D eigenvalue weighted by molar-refractivity contribution is 5.86. The molecule has 9 nitrogen and oxygen atoms in total. The van der Waals surface area contributed by atoms with Crippen LogP contribution in [0, 0.1) is 11.3 Å². The Bertz CT molecular complexity index is 1410. The van der Waals surface area contributed by atoms with Crippen molar-refractivity contribution in [3.8, 4) is 40.1 Å². The highest BCUT2D eigenvalue weighted by Crippen LogP contribution is 2.25. The number of aromatic amines is 1. The van der Waals surface area contributed by atoms with E-state index in [-0.39, 0.29) is 23.0 Å². The fourth-order valence-corrected chi connectivity index (χ4v) is 3.11. The zero-order valence-electron chi connectivity index (χ0n) is 17.5. The SMILES string of the molecule is COc1ccc(-c2ccc(O)c(C=NNc3nc(-c4ccccc4)c(C#N)c(=O)[nH]3)c2)cn1. The molecule has 0 aliphatic carbocycles. The molecule has 162 valence electrons. The van der Waals surface area contributed by atoms with Crippen LogP contribution in [0.4, 0.5) is 5.95 Å². The summed E-state index contributed by atoms with van der Waals surface area (Å²) >= 11 is 0. The van der Waals surface area contributed by atoms with Crippen LogP contribution in [0.25, 0.3) is 22.4 Å². The lowest BCUT2D eigenvalue weighted by Gasteiger charge is -2.07. The summed E-state index contributed by atoms with van der Waals surface area (Å²) in [6.07, 6.45) is 3.07. The lowest BCUT2D eigenvalue weighted by Crippen LogP contribution is -2.16. The largest absolute Gasteiger partial charge is 0.507 e. The number of phenols is 1. The third-order valence-electron chi connectivity index (χ3n) is 4.76. The maximum Gasteiger partial charge on any atom is 0.270 e. The summed E-state index contributed by atoms with van der Waals surface area (Å²) in [6, 6.07) is 19.5. The van der Waals surface area contributed by atoms with Gasteiger partial charge in [0.05, 0.1) is 19.0 Å². The molecule has 0 atom stereocenters. The van der Waals surface area contributed by atoms with Crippen LogP contribution in [0.3, 0.4) is 0 Å². The Kier molecular flexibility index (Phi) is 6.09. The van der Waals surface area contributed by atoms with E-state index in [4.69, 9.17) is 4.74 Å². The summed E-state index contributed by atoms with van der Waals surface area (Å²) in [5.41, 5.74) is 4.95. The van der Waals surface area contributed by atoms with Gasteiger partial charge < -0.3 is 9.84 Å². The Labute approximate surface area is 188 Å². The molecule has 9 heteroatoms. The lowest BCUT2D eigenvalue weighted by atomic mass is 10.0. The minimum Gasteiger partial charge on any atom is -0.507 e. The molecule has 0 spiro atoms. The van der Waals surface area contributed by atoms with E-state index in [0.717, 1.165) is 11.1 Å². The molecule has 0 saturated carbocycles. The van der Waals surface area contributed by atoms with Crippen molar-refractivity contribution < 1.29 is 9.84 Å². The number of hydrazone groups is 1. The van der Waals surface area contributed by atoms with Crippen LogP contribution in [-0.2, 0) is 0 Å². The summed E-state index contributed by atoms with van der Waals surface area (Å²) in [5, 5.41) is 23.6. The topological polar surface area (TPSA) is 136 Å². The van der Waals surface area contributed by atoms with E-state index < -0.39 is 5.56 Å². The highest BCUT2D eigenvalue weighted by Gasteiger charge is 2.13. The van der Waals surface area contributed by atoms with Crippen molar-refractivity contribution in [2.45, 2.75) is 0 Å². The van der Waals surface area contributed by atoms with Crippen LogP contribution in [0.15, 0.2) is 76.8 Å². The van der Waals surface area contributed by atoms with E-state index in [2.05, 4.69) is 25.5 Å². The second-order valence-electron chi connectivity index (χ2n) is 6.85. The molecule has 33 heavy (non-hydrogen) atoms. The van der Waals surface area contributed by atoms with Gasteiger partial charge in [-0.3, -0.25) is 9.78 Å². The van der Waals surface area contributed by atoms with Crippen molar-refractivity contribution in [2.75, 3.05) is 12.5 Å². The molecule has 0 bridgehead atoms. The number of methoxy groups -OCH3 is 1. The number of anilines is 1. The number of hydrogen-bond donors (Lipinski definition) is 3. The van der Waals surface area contributed by atoms with Crippen molar-refractivity contribution in [3.05, 3.63) is 88.3 Å². The molecule has 0 fully saturated rings. The van der Waals surface area contributed by atoms with E-state index in [0.29, 0.717) is 17.0 Å². The molecule has 0 unspecified atom stereocenters. The van der Waals surface area contributed by atoms with Gasteiger partial charge in [0.2, 0.25) is 11.8 Å². The summed E-state index contributed by atoms with van der Waals surface area (Å²) in [6.45, 7) is 0. The molecule has 4 rings (SSSR count). The number of aromatic hydroxyl groups is 1. The van der Waals surface area contributed by atoms with Gasteiger partial charge in [-0.2, -0.15) is 10.4 Å². The van der Waals surface area contributed by atoms with E-state index in [1.807, 2.05) is 18.2 Å². The summed E-state index contributed by atoms with van der Waals surface area (Å²) in [5.74, 6) is 0.587. The number of nitrogens with zero attached hydrogens (tertiary/aromatic N) is 4. The van der Waals surface area contributed by atoms with Gasteiger partial charge >= 0.3 is 0 Å². The van der Waals surface area contributed by atoms with Gasteiger partial charge in [-0.05, 0) is 23.8 Å². The number of nitriles is 1. The van der Waals surface area contributed by atoms with Crippen LogP contribution in [0.1, 0.15) is 11.1 Å². The van der Waals surface area contributed by atoms with Crippen LogP contribution < -0.4 is 15.7 Å². The van der Waals surface area contributed by atoms with Crippen molar-refractivity contribution in [1.29, 1.82) is 5.26 Å². The van der Waals surface area contributed by atoms with E-state index in [1.165, 1.54) is 6.21 Å². The van der Waals surface area contributed by atoms with Crippen molar-refractivity contribution in [3.63, 3.8) is 0 Å². The summed E-state index contributed by atoms with van der Waals surface area (Å²) in [4.78, 5) is 23.3. The van der Waals surface area contributed by atoms with Gasteiger partial charge in [0.15, 0.2) is 0 Å². The minimum atomic E-state index is -0.582. The molecule has 0 amide bonds. The molecule has 2 heterocycles. The fraction of sp³-hybridized carbons (Fsp3) is 0.0417. The third-order valence-corrected chi connectivity index (χ3v) is 4.76. The van der Waals surface area contributed by atoms with E-state index >= 15 is 0 Å². The maximum absolute atomic E-state index is 12.3. The molecular weight excluding hydrogens is 420 g/mol. The van der Waals surface area contributed by atoms with Gasteiger partial charge in [0.25, 0.3) is 5.56 Å². The Morgan fingerprint density at radius 1 is 1.12 bits per heavy atom. The van der Waals surface area contributed by atoms with Crippen LogP contribution in [0.2, 0.25) is 0 Å². The molecule has 2 aromatic carbocycles. The number of ether oxygens (including phenoxy) is 1. The number of H-pyrrole nitrogens is 1. The monoisotopic (exact) mass is 438 g/mol. The molecule has 2 aromatic heterocycles. The molecule has 3 N–H and O–H groups in total. The van der Waals surface area contributed by atoms with Crippen molar-refractivity contribution in [2.24, 2.45) is 5.10 Å². The van der Waals surface area contributed by atoms with Gasteiger partial charge in [-0.1, -0.05) is 36.4 Å². The van der Waals surface area contributed by atoms with Gasteiger partial charge in [-0.15, -0.1) is 0 Å². The number of aromatic nitrogens is 3. The molecule has 0 aliphatic heterocycles. The first-order valence-electron chi connectivity index (χ1n) is 9.81. The zero-order valence-corrected chi connectivity index (χ0v) is 17.5. The lowest BCUT2D eigenvalue weighted by molar-refractivity contribution is 0.398. The van der Waals surface area contributed by atoms with Gasteiger partial charge in [-0.25, -0.2) is 15.4 Å². The molecule has 0 saturated heterocycles. The number of benzene rings is 2. The first-order chi connectivity index (χ1) is 16.1. The number of rotatable bonds is 6. The first-order valence-corrected chi connectivity index (χ1v) is 9.81. The molecule has 0 radical (unpaired) electrons. The Morgan fingerprint density at radius 3 is 2.61 bits per heavy atom. The quantitative estimate of drug-likeness (QED) is 0.309. The summed E-state index contributed by atoms with van der Waals surface area (Å²) < 4.78 is 5.07. The average Bonchev–Trinajstić information content (AvgIpc) is 2.85. The zero-order chi connectivity index (χ0) is 23.2. The second-order valence-corrected chi connectivity index (χ2v) is 6.85.